The topological polar surface area (TPSA) is 102 Å². The Hall–Kier alpha value is -1.54. The first kappa shape index (κ1) is 14.9. The van der Waals surface area contributed by atoms with E-state index in [0.717, 1.165) is 0 Å². The molecule has 1 aromatic carbocycles. The molecule has 0 aliphatic carbocycles. The lowest BCUT2D eigenvalue weighted by atomic mass is 9.96. The minimum atomic E-state index is -1.25. The lowest BCUT2D eigenvalue weighted by Crippen LogP contribution is -2.62. The van der Waals surface area contributed by atoms with Crippen LogP contribution in [0.1, 0.15) is 10.4 Å². The number of hydrogen-bond donors (Lipinski definition) is 5. The van der Waals surface area contributed by atoms with Gasteiger partial charge in [-0.15, -0.1) is 0 Å². The summed E-state index contributed by atoms with van der Waals surface area (Å²) in [6.45, 7) is 0.219. The number of β-amino-alcohol motifs (C(OH)–C–C–N with tert-alkyl or cyclic N) is 1. The van der Waals surface area contributed by atoms with Gasteiger partial charge in [0.15, 0.2) is 0 Å². The molecule has 0 aromatic heterocycles. The van der Waals surface area contributed by atoms with Gasteiger partial charge in [-0.3, -0.25) is 4.79 Å². The van der Waals surface area contributed by atoms with E-state index in [1.165, 1.54) is 24.3 Å². The van der Waals surface area contributed by atoms with Crippen molar-refractivity contribution in [2.45, 2.75) is 24.4 Å². The molecule has 1 aliphatic rings. The van der Waals surface area contributed by atoms with E-state index in [2.05, 4.69) is 10.6 Å². The smallest absolute Gasteiger partial charge is 0.251 e. The first-order valence-corrected chi connectivity index (χ1v) is 6.30. The molecule has 6 nitrogen and oxygen atoms in total. The number of nitrogens with one attached hydrogen (secondary N) is 2. The minimum absolute atomic E-state index is 0.0845. The number of amides is 1. The molecule has 1 fully saturated rings. The van der Waals surface area contributed by atoms with Crippen molar-refractivity contribution in [3.63, 3.8) is 0 Å². The largest absolute Gasteiger partial charge is 0.389 e. The Morgan fingerprint density at radius 2 is 1.90 bits per heavy atom. The third-order valence-corrected chi connectivity index (χ3v) is 3.33. The van der Waals surface area contributed by atoms with Crippen LogP contribution in [0.2, 0.25) is 0 Å². The third-order valence-electron chi connectivity index (χ3n) is 3.33. The molecule has 1 aliphatic heterocycles. The van der Waals surface area contributed by atoms with E-state index in [9.17, 15) is 24.5 Å². The van der Waals surface area contributed by atoms with Gasteiger partial charge >= 0.3 is 0 Å². The maximum Gasteiger partial charge on any atom is 0.251 e. The summed E-state index contributed by atoms with van der Waals surface area (Å²) < 4.78 is 12.7. The molecule has 0 saturated carbocycles. The molecule has 4 atom stereocenters. The molecule has 0 radical (unpaired) electrons. The highest BCUT2D eigenvalue weighted by Crippen LogP contribution is 2.10. The Morgan fingerprint density at radius 1 is 1.25 bits per heavy atom. The predicted octanol–water partition coefficient (Wildman–Crippen LogP) is -1.39. The fraction of sp³-hybridized carbons (Fsp3) is 0.462. The summed E-state index contributed by atoms with van der Waals surface area (Å²) >= 11 is 0. The Labute approximate surface area is 115 Å². The second-order valence-electron chi connectivity index (χ2n) is 4.78. The van der Waals surface area contributed by atoms with Crippen LogP contribution in [0, 0.1) is 5.82 Å². The molecule has 2 rings (SSSR count). The van der Waals surface area contributed by atoms with Crippen molar-refractivity contribution in [1.82, 2.24) is 10.6 Å². The lowest BCUT2D eigenvalue weighted by molar-refractivity contribution is -0.0931. The summed E-state index contributed by atoms with van der Waals surface area (Å²) in [6.07, 6.45) is -3.45. The van der Waals surface area contributed by atoms with E-state index >= 15 is 0 Å². The van der Waals surface area contributed by atoms with E-state index < -0.39 is 36.1 Å². The fourth-order valence-corrected chi connectivity index (χ4v) is 2.08. The van der Waals surface area contributed by atoms with Crippen LogP contribution in [0.5, 0.6) is 0 Å². The van der Waals surface area contributed by atoms with Gasteiger partial charge in [-0.05, 0) is 24.3 Å². The van der Waals surface area contributed by atoms with Crippen molar-refractivity contribution in [2.24, 2.45) is 0 Å². The summed E-state index contributed by atoms with van der Waals surface area (Å²) in [5.74, 6) is -0.831. The van der Waals surface area contributed by atoms with E-state index in [1.807, 2.05) is 0 Å². The Bertz CT molecular complexity index is 468. The van der Waals surface area contributed by atoms with Gasteiger partial charge in [0.25, 0.3) is 5.91 Å². The predicted molar refractivity (Wildman–Crippen MR) is 68.5 cm³/mol. The summed E-state index contributed by atoms with van der Waals surface area (Å²) in [4.78, 5) is 11.8. The summed E-state index contributed by atoms with van der Waals surface area (Å²) in [5, 5.41) is 34.0. The van der Waals surface area contributed by atoms with E-state index in [0.29, 0.717) is 5.56 Å². The number of carbonyl (C=O) groups excluding carboxylic acids is 1. The zero-order valence-electron chi connectivity index (χ0n) is 10.7. The molecule has 5 N–H and O–H groups in total. The monoisotopic (exact) mass is 284 g/mol. The molecule has 0 unspecified atom stereocenters. The molecule has 0 spiro atoms. The molecule has 1 heterocycles. The molecule has 0 bridgehead atoms. The third kappa shape index (κ3) is 3.31. The van der Waals surface area contributed by atoms with Crippen LogP contribution in [0.25, 0.3) is 0 Å². The minimum Gasteiger partial charge on any atom is -0.389 e. The van der Waals surface area contributed by atoms with Crippen molar-refractivity contribution < 1.29 is 24.5 Å². The van der Waals surface area contributed by atoms with Gasteiger partial charge in [0.2, 0.25) is 0 Å². The van der Waals surface area contributed by atoms with E-state index in [-0.39, 0.29) is 13.1 Å². The summed E-state index contributed by atoms with van der Waals surface area (Å²) in [6, 6.07) is 4.52. The SMILES string of the molecule is O=C(NC[C@H]1NC[C@H](O)[C@@H](O)[C@@H]1O)c1ccc(F)cc1. The Morgan fingerprint density at radius 3 is 2.55 bits per heavy atom. The average Bonchev–Trinajstić information content (AvgIpc) is 2.44. The molecular weight excluding hydrogens is 267 g/mol. The van der Waals surface area contributed by atoms with Gasteiger partial charge in [-0.2, -0.15) is 0 Å². The Kier molecular flexibility index (Phi) is 4.66. The normalized spacial score (nSPS) is 30.0. The number of rotatable bonds is 3. The maximum atomic E-state index is 12.7. The van der Waals surface area contributed by atoms with Crippen LogP contribution in [0.4, 0.5) is 4.39 Å². The molecule has 1 aromatic rings. The lowest BCUT2D eigenvalue weighted by Gasteiger charge is -2.36. The number of aliphatic hydroxyl groups excluding tert-OH is 3. The molecule has 20 heavy (non-hydrogen) atoms. The van der Waals surface area contributed by atoms with Crippen LogP contribution < -0.4 is 10.6 Å². The number of halogens is 1. The standard InChI is InChI=1S/C13H17FN2O4/c14-8-3-1-7(2-4-8)13(20)16-5-9-11(18)12(19)10(17)6-15-9/h1-4,9-12,15,17-19H,5-6H2,(H,16,20)/t9-,10+,11-,12-/m1/s1. The zero-order chi connectivity index (χ0) is 14.7. The number of aliphatic hydroxyl groups is 3. The van der Waals surface area contributed by atoms with Crippen molar-refractivity contribution in [3.8, 4) is 0 Å². The Balaban J connectivity index is 1.89. The molecule has 1 saturated heterocycles. The van der Waals surface area contributed by atoms with Crippen LogP contribution in [-0.4, -0.2) is 58.7 Å². The molecule has 7 heteroatoms. The highest BCUT2D eigenvalue weighted by atomic mass is 19.1. The maximum absolute atomic E-state index is 12.7. The number of benzene rings is 1. The van der Waals surface area contributed by atoms with Crippen LogP contribution in [-0.2, 0) is 0 Å². The summed E-state index contributed by atoms with van der Waals surface area (Å²) in [7, 11) is 0. The van der Waals surface area contributed by atoms with Gasteiger partial charge in [0.05, 0.1) is 18.2 Å². The highest BCUT2D eigenvalue weighted by molar-refractivity contribution is 5.94. The van der Waals surface area contributed by atoms with Crippen molar-refractivity contribution >= 4 is 5.91 Å². The average molecular weight is 284 g/mol. The first-order valence-electron chi connectivity index (χ1n) is 6.30. The van der Waals surface area contributed by atoms with Crippen LogP contribution in [0.3, 0.4) is 0 Å². The fourth-order valence-electron chi connectivity index (χ4n) is 2.08. The molecular formula is C13H17FN2O4. The molecule has 1 amide bonds. The van der Waals surface area contributed by atoms with E-state index in [1.54, 1.807) is 0 Å². The van der Waals surface area contributed by atoms with Crippen LogP contribution in [0.15, 0.2) is 24.3 Å². The second-order valence-corrected chi connectivity index (χ2v) is 4.78. The van der Waals surface area contributed by atoms with Gasteiger partial charge in [0.1, 0.15) is 11.9 Å². The zero-order valence-corrected chi connectivity index (χ0v) is 10.7. The van der Waals surface area contributed by atoms with Crippen molar-refractivity contribution in [3.05, 3.63) is 35.6 Å². The van der Waals surface area contributed by atoms with Crippen molar-refractivity contribution in [1.29, 1.82) is 0 Å². The number of carbonyl (C=O) groups is 1. The quantitative estimate of drug-likeness (QED) is 0.470. The number of hydrogen-bond acceptors (Lipinski definition) is 5. The number of piperidine rings is 1. The van der Waals surface area contributed by atoms with Crippen molar-refractivity contribution in [2.75, 3.05) is 13.1 Å². The second kappa shape index (κ2) is 6.27. The van der Waals surface area contributed by atoms with Gasteiger partial charge < -0.3 is 26.0 Å². The van der Waals surface area contributed by atoms with Crippen LogP contribution >= 0.6 is 0 Å². The highest BCUT2D eigenvalue weighted by Gasteiger charge is 2.36. The van der Waals surface area contributed by atoms with Gasteiger partial charge in [0, 0.05) is 18.7 Å². The summed E-state index contributed by atoms with van der Waals surface area (Å²) in [5.41, 5.74) is 0.303. The first-order chi connectivity index (χ1) is 9.49. The molecule has 110 valence electrons. The van der Waals surface area contributed by atoms with Gasteiger partial charge in [-0.25, -0.2) is 4.39 Å². The van der Waals surface area contributed by atoms with Gasteiger partial charge in [-0.1, -0.05) is 0 Å². The van der Waals surface area contributed by atoms with E-state index in [4.69, 9.17) is 0 Å².